The zero-order chi connectivity index (χ0) is 16.5. The first-order valence-corrected chi connectivity index (χ1v) is 6.13. The van der Waals surface area contributed by atoms with Crippen molar-refractivity contribution in [3.8, 4) is 16.9 Å². The maximum Gasteiger partial charge on any atom is 0.573 e. The Bertz CT molecular complexity index is 729. The van der Waals surface area contributed by atoms with Gasteiger partial charge in [0.05, 0.1) is 0 Å². The molecule has 0 amide bonds. The molecule has 0 aromatic heterocycles. The molecule has 22 heavy (non-hydrogen) atoms. The van der Waals surface area contributed by atoms with Gasteiger partial charge in [-0.3, -0.25) is 0 Å². The van der Waals surface area contributed by atoms with Crippen LogP contribution >= 0.6 is 11.6 Å². The maximum atomic E-state index is 13.8. The van der Waals surface area contributed by atoms with Crippen LogP contribution < -0.4 is 4.74 Å². The number of aromatic carboxylic acids is 1. The number of ether oxygens (including phenoxy) is 1. The largest absolute Gasteiger partial charge is 0.573 e. The van der Waals surface area contributed by atoms with E-state index in [1.165, 1.54) is 18.2 Å². The van der Waals surface area contributed by atoms with Crippen LogP contribution in [0.15, 0.2) is 36.4 Å². The molecule has 0 aliphatic heterocycles. The number of rotatable bonds is 3. The van der Waals surface area contributed by atoms with Crippen LogP contribution in [0.1, 0.15) is 10.4 Å². The van der Waals surface area contributed by atoms with Gasteiger partial charge in [-0.15, -0.1) is 13.2 Å². The highest BCUT2D eigenvalue weighted by Crippen LogP contribution is 2.33. The second-order valence-electron chi connectivity index (χ2n) is 4.19. The Morgan fingerprint density at radius 3 is 2.36 bits per heavy atom. The number of hydrogen-bond acceptors (Lipinski definition) is 2. The average Bonchev–Trinajstić information content (AvgIpc) is 2.36. The fraction of sp³-hybridized carbons (Fsp3) is 0.0714. The molecule has 1 N–H and O–H groups in total. The molecule has 3 nitrogen and oxygen atoms in total. The lowest BCUT2D eigenvalue weighted by atomic mass is 10.0. The Kier molecular flexibility index (Phi) is 4.27. The lowest BCUT2D eigenvalue weighted by molar-refractivity contribution is -0.274. The molecule has 8 heteroatoms. The molecule has 2 rings (SSSR count). The van der Waals surface area contributed by atoms with E-state index in [0.29, 0.717) is 0 Å². The third kappa shape index (κ3) is 3.67. The predicted octanol–water partition coefficient (Wildman–Crippen LogP) is 4.74. The fourth-order valence-corrected chi connectivity index (χ4v) is 1.96. The summed E-state index contributed by atoms with van der Waals surface area (Å²) in [4.78, 5) is 10.9. The molecular weight excluding hydrogens is 328 g/mol. The van der Waals surface area contributed by atoms with E-state index in [1.807, 2.05) is 0 Å². The van der Waals surface area contributed by atoms with Gasteiger partial charge in [-0.1, -0.05) is 17.7 Å². The number of alkyl halides is 3. The van der Waals surface area contributed by atoms with Crippen LogP contribution in [-0.4, -0.2) is 17.4 Å². The van der Waals surface area contributed by atoms with E-state index in [-0.39, 0.29) is 16.1 Å². The van der Waals surface area contributed by atoms with Crippen LogP contribution in [0, 0.1) is 5.82 Å². The highest BCUT2D eigenvalue weighted by atomic mass is 35.5. The summed E-state index contributed by atoms with van der Waals surface area (Å²) in [5.41, 5.74) is -0.692. The minimum absolute atomic E-state index is 0.0263. The summed E-state index contributed by atoms with van der Waals surface area (Å²) in [7, 11) is 0. The SMILES string of the molecule is O=C(O)c1ccc(-c2ccc(Cl)cc2F)cc1OC(F)(F)F. The Morgan fingerprint density at radius 2 is 1.82 bits per heavy atom. The van der Waals surface area contributed by atoms with Crippen molar-refractivity contribution in [1.82, 2.24) is 0 Å². The van der Waals surface area contributed by atoms with Crippen LogP contribution in [0.3, 0.4) is 0 Å². The lowest BCUT2D eigenvalue weighted by Crippen LogP contribution is -2.19. The quantitative estimate of drug-likeness (QED) is 0.824. The van der Waals surface area contributed by atoms with Crippen LogP contribution in [0.2, 0.25) is 5.02 Å². The minimum atomic E-state index is -5.07. The first kappa shape index (κ1) is 16.1. The highest BCUT2D eigenvalue weighted by molar-refractivity contribution is 6.30. The normalized spacial score (nSPS) is 11.3. The third-order valence-electron chi connectivity index (χ3n) is 2.68. The van der Waals surface area contributed by atoms with E-state index in [9.17, 15) is 22.4 Å². The van der Waals surface area contributed by atoms with Gasteiger partial charge in [0.2, 0.25) is 0 Å². The lowest BCUT2D eigenvalue weighted by Gasteiger charge is -2.13. The van der Waals surface area contributed by atoms with Gasteiger partial charge in [0.1, 0.15) is 17.1 Å². The van der Waals surface area contributed by atoms with Crippen LogP contribution in [-0.2, 0) is 0 Å². The van der Waals surface area contributed by atoms with E-state index < -0.39 is 29.5 Å². The topological polar surface area (TPSA) is 46.5 Å². The number of carboxylic acid groups (broad SMARTS) is 1. The van der Waals surface area contributed by atoms with Gasteiger partial charge in [0.25, 0.3) is 0 Å². The van der Waals surface area contributed by atoms with Gasteiger partial charge in [0, 0.05) is 10.6 Å². The molecule has 0 fully saturated rings. The molecule has 0 heterocycles. The van der Waals surface area contributed by atoms with Crippen LogP contribution in [0.5, 0.6) is 5.75 Å². The first-order chi connectivity index (χ1) is 10.2. The Balaban J connectivity index is 2.55. The van der Waals surface area contributed by atoms with Gasteiger partial charge >= 0.3 is 12.3 Å². The zero-order valence-corrected chi connectivity index (χ0v) is 11.4. The Hall–Kier alpha value is -2.28. The molecule has 0 aliphatic carbocycles. The van der Waals surface area contributed by atoms with Crippen molar-refractivity contribution in [2.75, 3.05) is 0 Å². The van der Waals surface area contributed by atoms with E-state index in [0.717, 1.165) is 18.2 Å². The molecule has 2 aromatic rings. The first-order valence-electron chi connectivity index (χ1n) is 5.76. The van der Waals surface area contributed by atoms with Crippen molar-refractivity contribution in [2.45, 2.75) is 6.36 Å². The van der Waals surface area contributed by atoms with Crippen LogP contribution in [0.4, 0.5) is 17.6 Å². The van der Waals surface area contributed by atoms with E-state index in [1.54, 1.807) is 0 Å². The fourth-order valence-electron chi connectivity index (χ4n) is 1.80. The molecule has 2 aromatic carbocycles. The maximum absolute atomic E-state index is 13.8. The summed E-state index contributed by atoms with van der Waals surface area (Å²) in [6.07, 6.45) is -5.07. The molecule has 0 radical (unpaired) electrons. The second kappa shape index (κ2) is 5.84. The number of benzene rings is 2. The third-order valence-corrected chi connectivity index (χ3v) is 2.91. The van der Waals surface area contributed by atoms with Crippen molar-refractivity contribution in [1.29, 1.82) is 0 Å². The van der Waals surface area contributed by atoms with E-state index in [4.69, 9.17) is 16.7 Å². The Morgan fingerprint density at radius 1 is 1.14 bits per heavy atom. The summed E-state index contributed by atoms with van der Waals surface area (Å²) in [5, 5.41) is 9.00. The minimum Gasteiger partial charge on any atom is -0.478 e. The Labute approximate surface area is 126 Å². The number of carbonyl (C=O) groups is 1. The summed E-state index contributed by atoms with van der Waals surface area (Å²) in [5.74, 6) is -3.28. The molecule has 116 valence electrons. The smallest absolute Gasteiger partial charge is 0.478 e. The summed E-state index contributed by atoms with van der Waals surface area (Å²) < 4.78 is 54.5. The van der Waals surface area contributed by atoms with Crippen molar-refractivity contribution >= 4 is 17.6 Å². The predicted molar refractivity (Wildman–Crippen MR) is 70.5 cm³/mol. The van der Waals surface area contributed by atoms with E-state index in [2.05, 4.69) is 4.74 Å². The highest BCUT2D eigenvalue weighted by Gasteiger charge is 2.33. The van der Waals surface area contributed by atoms with Crippen molar-refractivity contribution in [3.05, 3.63) is 52.8 Å². The average molecular weight is 335 g/mol. The molecule has 0 bridgehead atoms. The second-order valence-corrected chi connectivity index (χ2v) is 4.62. The van der Waals surface area contributed by atoms with Gasteiger partial charge < -0.3 is 9.84 Å². The molecule has 0 saturated carbocycles. The number of hydrogen-bond donors (Lipinski definition) is 1. The van der Waals surface area contributed by atoms with Crippen LogP contribution in [0.25, 0.3) is 11.1 Å². The van der Waals surface area contributed by atoms with Crippen molar-refractivity contribution in [3.63, 3.8) is 0 Å². The van der Waals surface area contributed by atoms with Gasteiger partial charge in [0.15, 0.2) is 0 Å². The molecular formula is C14H7ClF4O3. The summed E-state index contributed by atoms with van der Waals surface area (Å²) >= 11 is 5.60. The molecule has 0 unspecified atom stereocenters. The molecule has 0 spiro atoms. The summed E-state index contributed by atoms with van der Waals surface area (Å²) in [6.45, 7) is 0. The molecule has 0 atom stereocenters. The molecule has 0 aliphatic rings. The summed E-state index contributed by atoms with van der Waals surface area (Å²) in [6, 6.07) is 6.52. The standard InChI is InChI=1S/C14H7ClF4O3/c15-8-2-4-9(11(16)6-8)7-1-3-10(13(20)21)12(5-7)22-14(17,18)19/h1-6H,(H,20,21). The number of halogens is 5. The van der Waals surface area contributed by atoms with Gasteiger partial charge in [-0.2, -0.15) is 0 Å². The van der Waals surface area contributed by atoms with E-state index >= 15 is 0 Å². The monoisotopic (exact) mass is 334 g/mol. The van der Waals surface area contributed by atoms with Crippen molar-refractivity contribution in [2.24, 2.45) is 0 Å². The molecule has 0 saturated heterocycles. The zero-order valence-electron chi connectivity index (χ0n) is 10.6. The number of carboxylic acids is 1. The van der Waals surface area contributed by atoms with Gasteiger partial charge in [-0.05, 0) is 35.9 Å². The van der Waals surface area contributed by atoms with Crippen molar-refractivity contribution < 1.29 is 32.2 Å². The van der Waals surface area contributed by atoms with Gasteiger partial charge in [-0.25, -0.2) is 9.18 Å².